The average molecular weight is 219 g/mol. The molecule has 0 unspecified atom stereocenters. The summed E-state index contributed by atoms with van der Waals surface area (Å²) in [6, 6.07) is 6.70. The number of fused-ring (bicyclic) bond motifs is 1. The maximum absolute atomic E-state index is 4.52. The number of aryl methyl sites for hydroxylation is 2. The van der Waals surface area contributed by atoms with Crippen LogP contribution in [0, 0.1) is 6.92 Å². The van der Waals surface area contributed by atoms with Crippen molar-refractivity contribution in [3.63, 3.8) is 0 Å². The van der Waals surface area contributed by atoms with Crippen molar-refractivity contribution in [2.75, 3.05) is 0 Å². The monoisotopic (exact) mass is 219 g/mol. The molecular weight excluding hydrogens is 202 g/mol. The van der Waals surface area contributed by atoms with E-state index in [9.17, 15) is 0 Å². The third kappa shape index (κ3) is 2.57. The van der Waals surface area contributed by atoms with E-state index in [1.807, 2.05) is 0 Å². The van der Waals surface area contributed by atoms with Gasteiger partial charge in [-0.3, -0.25) is 0 Å². The van der Waals surface area contributed by atoms with Gasteiger partial charge in [0.25, 0.3) is 0 Å². The highest BCUT2D eigenvalue weighted by atomic mass is 32.1. The van der Waals surface area contributed by atoms with Crippen LogP contribution in [0.1, 0.15) is 36.8 Å². The molecule has 2 heteroatoms. The standard InChI is InChI=1S/C13H17NS/c1-3-4-5-6-11-7-8-13-12(9-11)14-10(2)15-13/h7-9H,3-6H2,1-2H3. The van der Waals surface area contributed by atoms with Crippen molar-refractivity contribution in [1.82, 2.24) is 4.98 Å². The lowest BCUT2D eigenvalue weighted by atomic mass is 10.1. The average Bonchev–Trinajstić information content (AvgIpc) is 2.57. The normalized spacial score (nSPS) is 11.1. The fourth-order valence-electron chi connectivity index (χ4n) is 1.82. The molecule has 0 atom stereocenters. The predicted molar refractivity (Wildman–Crippen MR) is 67.6 cm³/mol. The Bertz CT molecular complexity index is 445. The molecular formula is C13H17NS. The Labute approximate surface area is 95.2 Å². The largest absolute Gasteiger partial charge is 0.242 e. The lowest BCUT2D eigenvalue weighted by Gasteiger charge is -1.99. The topological polar surface area (TPSA) is 12.9 Å². The molecule has 1 aromatic heterocycles. The first-order valence-corrected chi connectivity index (χ1v) is 6.47. The van der Waals surface area contributed by atoms with Gasteiger partial charge in [0.1, 0.15) is 0 Å². The van der Waals surface area contributed by atoms with Crippen molar-refractivity contribution in [2.24, 2.45) is 0 Å². The van der Waals surface area contributed by atoms with Gasteiger partial charge in [-0.25, -0.2) is 4.98 Å². The summed E-state index contributed by atoms with van der Waals surface area (Å²) in [5, 5.41) is 1.16. The van der Waals surface area contributed by atoms with Gasteiger partial charge >= 0.3 is 0 Å². The number of benzene rings is 1. The second kappa shape index (κ2) is 4.75. The second-order valence-corrected chi connectivity index (χ2v) is 5.23. The number of hydrogen-bond acceptors (Lipinski definition) is 2. The first kappa shape index (κ1) is 10.6. The molecule has 0 radical (unpaired) electrons. The first-order valence-electron chi connectivity index (χ1n) is 5.65. The molecule has 0 amide bonds. The molecule has 1 aromatic carbocycles. The maximum atomic E-state index is 4.52. The fraction of sp³-hybridized carbons (Fsp3) is 0.462. The van der Waals surface area contributed by atoms with Crippen LogP contribution in [-0.4, -0.2) is 4.98 Å². The summed E-state index contributed by atoms with van der Waals surface area (Å²) in [6.45, 7) is 4.31. The molecule has 0 saturated carbocycles. The van der Waals surface area contributed by atoms with E-state index in [1.165, 1.54) is 41.5 Å². The first-order chi connectivity index (χ1) is 7.29. The lowest BCUT2D eigenvalue weighted by Crippen LogP contribution is -1.84. The number of nitrogens with zero attached hydrogens (tertiary/aromatic N) is 1. The summed E-state index contributed by atoms with van der Waals surface area (Å²) in [6.07, 6.45) is 5.11. The summed E-state index contributed by atoms with van der Waals surface area (Å²) < 4.78 is 1.31. The van der Waals surface area contributed by atoms with Gasteiger partial charge in [-0.2, -0.15) is 0 Å². The predicted octanol–water partition coefficient (Wildman–Crippen LogP) is 4.34. The van der Waals surface area contributed by atoms with Crippen molar-refractivity contribution < 1.29 is 0 Å². The third-order valence-corrected chi connectivity index (χ3v) is 3.58. The number of hydrogen-bond donors (Lipinski definition) is 0. The molecule has 0 spiro atoms. The van der Waals surface area contributed by atoms with Crippen molar-refractivity contribution >= 4 is 21.6 Å². The van der Waals surface area contributed by atoms with Crippen LogP contribution < -0.4 is 0 Å². The Balaban J connectivity index is 2.15. The van der Waals surface area contributed by atoms with Gasteiger partial charge in [0.05, 0.1) is 15.2 Å². The zero-order valence-electron chi connectivity index (χ0n) is 9.42. The van der Waals surface area contributed by atoms with Crippen LogP contribution in [0.2, 0.25) is 0 Å². The van der Waals surface area contributed by atoms with Gasteiger partial charge in [-0.05, 0) is 37.5 Å². The van der Waals surface area contributed by atoms with E-state index in [2.05, 4.69) is 37.0 Å². The summed E-state index contributed by atoms with van der Waals surface area (Å²) in [4.78, 5) is 4.52. The van der Waals surface area contributed by atoms with E-state index in [0.29, 0.717) is 0 Å². The summed E-state index contributed by atoms with van der Waals surface area (Å²) in [7, 11) is 0. The molecule has 0 aliphatic carbocycles. The van der Waals surface area contributed by atoms with E-state index in [1.54, 1.807) is 11.3 Å². The van der Waals surface area contributed by atoms with Crippen LogP contribution >= 0.6 is 11.3 Å². The summed E-state index contributed by atoms with van der Waals surface area (Å²) in [5.41, 5.74) is 2.60. The molecule has 0 bridgehead atoms. The van der Waals surface area contributed by atoms with Crippen LogP contribution in [0.5, 0.6) is 0 Å². The highest BCUT2D eigenvalue weighted by Crippen LogP contribution is 2.23. The third-order valence-electron chi connectivity index (χ3n) is 2.63. The summed E-state index contributed by atoms with van der Waals surface area (Å²) >= 11 is 1.78. The van der Waals surface area contributed by atoms with E-state index in [0.717, 1.165) is 5.01 Å². The van der Waals surface area contributed by atoms with E-state index >= 15 is 0 Å². The molecule has 2 rings (SSSR count). The second-order valence-electron chi connectivity index (χ2n) is 3.99. The number of unbranched alkanes of at least 4 members (excludes halogenated alkanes) is 2. The molecule has 2 aromatic rings. The van der Waals surface area contributed by atoms with Gasteiger partial charge in [-0.15, -0.1) is 11.3 Å². The van der Waals surface area contributed by atoms with Crippen LogP contribution in [0.4, 0.5) is 0 Å². The molecule has 1 nitrogen and oxygen atoms in total. The Morgan fingerprint density at radius 3 is 2.93 bits per heavy atom. The fourth-order valence-corrected chi connectivity index (χ4v) is 2.63. The molecule has 80 valence electrons. The smallest absolute Gasteiger partial charge is 0.0907 e. The SMILES string of the molecule is CCCCCc1ccc2sc(C)nc2c1. The Hall–Kier alpha value is -0.890. The number of aromatic nitrogens is 1. The quantitative estimate of drug-likeness (QED) is 0.697. The van der Waals surface area contributed by atoms with Gasteiger partial charge in [-0.1, -0.05) is 25.8 Å². The molecule has 0 saturated heterocycles. The molecule has 15 heavy (non-hydrogen) atoms. The minimum absolute atomic E-state index is 1.16. The lowest BCUT2D eigenvalue weighted by molar-refractivity contribution is 0.718. The highest BCUT2D eigenvalue weighted by Gasteiger charge is 2.01. The van der Waals surface area contributed by atoms with Gasteiger partial charge in [0, 0.05) is 0 Å². The van der Waals surface area contributed by atoms with Crippen molar-refractivity contribution in [3.05, 3.63) is 28.8 Å². The van der Waals surface area contributed by atoms with Crippen molar-refractivity contribution in [1.29, 1.82) is 0 Å². The Morgan fingerprint density at radius 2 is 2.13 bits per heavy atom. The summed E-state index contributed by atoms with van der Waals surface area (Å²) in [5.74, 6) is 0. The van der Waals surface area contributed by atoms with E-state index < -0.39 is 0 Å². The van der Waals surface area contributed by atoms with Crippen molar-refractivity contribution in [2.45, 2.75) is 39.5 Å². The minimum Gasteiger partial charge on any atom is -0.242 e. The number of thiazole rings is 1. The van der Waals surface area contributed by atoms with Crippen LogP contribution in [-0.2, 0) is 6.42 Å². The van der Waals surface area contributed by atoms with E-state index in [-0.39, 0.29) is 0 Å². The zero-order valence-corrected chi connectivity index (χ0v) is 10.2. The van der Waals surface area contributed by atoms with Crippen LogP contribution in [0.15, 0.2) is 18.2 Å². The van der Waals surface area contributed by atoms with Gasteiger partial charge in [0.2, 0.25) is 0 Å². The van der Waals surface area contributed by atoms with E-state index in [4.69, 9.17) is 0 Å². The maximum Gasteiger partial charge on any atom is 0.0907 e. The Morgan fingerprint density at radius 1 is 1.27 bits per heavy atom. The Kier molecular flexibility index (Phi) is 3.37. The molecule has 0 aliphatic heterocycles. The molecule has 1 heterocycles. The highest BCUT2D eigenvalue weighted by molar-refractivity contribution is 7.18. The van der Waals surface area contributed by atoms with Crippen LogP contribution in [0.25, 0.3) is 10.2 Å². The molecule has 0 aliphatic rings. The van der Waals surface area contributed by atoms with Crippen molar-refractivity contribution in [3.8, 4) is 0 Å². The molecule has 0 fully saturated rings. The molecule has 0 N–H and O–H groups in total. The van der Waals surface area contributed by atoms with Gasteiger partial charge < -0.3 is 0 Å². The van der Waals surface area contributed by atoms with Crippen LogP contribution in [0.3, 0.4) is 0 Å². The minimum atomic E-state index is 1.16. The van der Waals surface area contributed by atoms with Gasteiger partial charge in [0.15, 0.2) is 0 Å². The number of rotatable bonds is 4. The zero-order chi connectivity index (χ0) is 10.7.